The highest BCUT2D eigenvalue weighted by atomic mass is 19.4. The molecule has 23 heavy (non-hydrogen) atoms. The summed E-state index contributed by atoms with van der Waals surface area (Å²) < 4.78 is 76.8. The quantitative estimate of drug-likeness (QED) is 0.495. The lowest BCUT2D eigenvalue weighted by atomic mass is 9.94. The van der Waals surface area contributed by atoms with Crippen LogP contribution >= 0.6 is 0 Å². The molecule has 0 spiro atoms. The number of hydrogen-bond acceptors (Lipinski definition) is 1. The van der Waals surface area contributed by atoms with Crippen molar-refractivity contribution < 1.29 is 31.1 Å². The van der Waals surface area contributed by atoms with E-state index in [1.165, 1.54) is 0 Å². The second-order valence-electron chi connectivity index (χ2n) is 5.87. The van der Waals surface area contributed by atoms with Crippen molar-refractivity contribution in [2.24, 2.45) is 5.92 Å². The van der Waals surface area contributed by atoms with E-state index in [9.17, 15) is 31.1 Å². The molecule has 1 aliphatic rings. The van der Waals surface area contributed by atoms with Gasteiger partial charge in [0.2, 0.25) is 0 Å². The van der Waals surface area contributed by atoms with Crippen molar-refractivity contribution in [1.29, 1.82) is 0 Å². The van der Waals surface area contributed by atoms with Crippen LogP contribution in [0.1, 0.15) is 60.0 Å². The summed E-state index contributed by atoms with van der Waals surface area (Å²) in [4.78, 5) is 12.0. The van der Waals surface area contributed by atoms with Crippen LogP contribution in [-0.4, -0.2) is 5.78 Å². The minimum atomic E-state index is -5.00. The van der Waals surface area contributed by atoms with E-state index in [1.807, 2.05) is 0 Å². The van der Waals surface area contributed by atoms with Gasteiger partial charge >= 0.3 is 12.4 Å². The summed E-state index contributed by atoms with van der Waals surface area (Å²) in [6, 6.07) is 1.18. The van der Waals surface area contributed by atoms with Crippen LogP contribution in [0.4, 0.5) is 26.3 Å². The molecular formula is C16H16F6O. The fraction of sp³-hybridized carbons (Fsp3) is 0.562. The summed E-state index contributed by atoms with van der Waals surface area (Å²) in [5.41, 5.74) is -3.59. The van der Waals surface area contributed by atoms with E-state index in [1.54, 1.807) is 0 Å². The van der Waals surface area contributed by atoms with Crippen LogP contribution in [-0.2, 0) is 12.4 Å². The lowest BCUT2D eigenvalue weighted by molar-refractivity contribution is -0.143. The van der Waals surface area contributed by atoms with Crippen molar-refractivity contribution in [1.82, 2.24) is 0 Å². The number of benzene rings is 1. The van der Waals surface area contributed by atoms with Crippen molar-refractivity contribution >= 4 is 5.78 Å². The van der Waals surface area contributed by atoms with E-state index in [0.717, 1.165) is 25.7 Å². The van der Waals surface area contributed by atoms with E-state index >= 15 is 0 Å². The number of carbonyl (C=O) groups is 1. The predicted octanol–water partition coefficient (Wildman–Crippen LogP) is 5.88. The third-order valence-electron chi connectivity index (χ3n) is 4.21. The Morgan fingerprint density at radius 2 is 1.61 bits per heavy atom. The van der Waals surface area contributed by atoms with Crippen molar-refractivity contribution in [2.45, 2.75) is 50.9 Å². The number of hydrogen-bond donors (Lipinski definition) is 0. The van der Waals surface area contributed by atoms with Crippen molar-refractivity contribution in [3.05, 3.63) is 34.9 Å². The summed E-state index contributed by atoms with van der Waals surface area (Å²) in [6.45, 7) is 0. The van der Waals surface area contributed by atoms with Gasteiger partial charge in [0, 0.05) is 12.0 Å². The SMILES string of the molecule is O=C(CCC1CCCC1)c1ccc(C(F)(F)F)cc1C(F)(F)F. The third-order valence-corrected chi connectivity index (χ3v) is 4.21. The summed E-state index contributed by atoms with van der Waals surface area (Å²) in [5.74, 6) is -0.430. The van der Waals surface area contributed by atoms with E-state index in [4.69, 9.17) is 0 Å². The zero-order chi connectivity index (χ0) is 17.3. The molecule has 7 heteroatoms. The Labute approximate surface area is 129 Å². The number of halogens is 6. The fourth-order valence-electron chi connectivity index (χ4n) is 2.97. The number of Topliss-reactive ketones (excluding diaryl/α,β-unsaturated/α-hetero) is 1. The van der Waals surface area contributed by atoms with Gasteiger partial charge in [-0.05, 0) is 24.5 Å². The van der Waals surface area contributed by atoms with Gasteiger partial charge in [-0.3, -0.25) is 4.79 Å². The van der Waals surface area contributed by atoms with Gasteiger partial charge in [0.05, 0.1) is 11.1 Å². The Hall–Kier alpha value is -1.53. The van der Waals surface area contributed by atoms with Crippen LogP contribution < -0.4 is 0 Å². The largest absolute Gasteiger partial charge is 0.417 e. The highest BCUT2D eigenvalue weighted by Crippen LogP contribution is 2.38. The molecule has 0 heterocycles. The minimum absolute atomic E-state index is 0.0167. The molecule has 0 atom stereocenters. The maximum absolute atomic E-state index is 13.0. The Kier molecular flexibility index (Phi) is 5.06. The first-order chi connectivity index (χ1) is 10.6. The van der Waals surface area contributed by atoms with E-state index in [2.05, 4.69) is 0 Å². The molecule has 0 aromatic heterocycles. The first-order valence-corrected chi connectivity index (χ1v) is 7.40. The zero-order valence-corrected chi connectivity index (χ0v) is 12.2. The van der Waals surface area contributed by atoms with Gasteiger partial charge in [-0.1, -0.05) is 31.7 Å². The van der Waals surface area contributed by atoms with Crippen molar-refractivity contribution in [2.75, 3.05) is 0 Å². The summed E-state index contributed by atoms with van der Waals surface area (Å²) in [6.07, 6.45) is -5.47. The second kappa shape index (κ2) is 6.53. The molecule has 2 rings (SSSR count). The lowest BCUT2D eigenvalue weighted by Gasteiger charge is -2.16. The molecular weight excluding hydrogens is 322 g/mol. The van der Waals surface area contributed by atoms with Gasteiger partial charge in [-0.2, -0.15) is 26.3 Å². The minimum Gasteiger partial charge on any atom is -0.294 e. The Bertz CT molecular complexity index is 567. The molecule has 1 aliphatic carbocycles. The first-order valence-electron chi connectivity index (χ1n) is 7.40. The molecule has 0 radical (unpaired) electrons. The van der Waals surface area contributed by atoms with Gasteiger partial charge in [-0.15, -0.1) is 0 Å². The number of alkyl halides is 6. The number of ketones is 1. The first kappa shape index (κ1) is 17.8. The van der Waals surface area contributed by atoms with Crippen LogP contribution in [0.15, 0.2) is 18.2 Å². The Balaban J connectivity index is 2.24. The molecule has 1 saturated carbocycles. The molecule has 128 valence electrons. The molecule has 0 aliphatic heterocycles. The predicted molar refractivity (Wildman–Crippen MR) is 72.0 cm³/mol. The number of rotatable bonds is 4. The average molecular weight is 338 g/mol. The molecule has 0 unspecified atom stereocenters. The maximum atomic E-state index is 13.0. The van der Waals surface area contributed by atoms with Gasteiger partial charge in [0.15, 0.2) is 5.78 Å². The maximum Gasteiger partial charge on any atom is 0.417 e. The van der Waals surface area contributed by atoms with Crippen molar-refractivity contribution in [3.63, 3.8) is 0 Å². The van der Waals surface area contributed by atoms with E-state index < -0.39 is 34.8 Å². The van der Waals surface area contributed by atoms with Crippen LogP contribution in [0.2, 0.25) is 0 Å². The van der Waals surface area contributed by atoms with Gasteiger partial charge < -0.3 is 0 Å². The highest BCUT2D eigenvalue weighted by Gasteiger charge is 2.39. The van der Waals surface area contributed by atoms with Crippen LogP contribution in [0.3, 0.4) is 0 Å². The fourth-order valence-corrected chi connectivity index (χ4v) is 2.97. The molecule has 1 fully saturated rings. The third kappa shape index (κ3) is 4.48. The molecule has 1 aromatic carbocycles. The molecule has 0 bridgehead atoms. The molecule has 1 nitrogen and oxygen atoms in total. The summed E-state index contributed by atoms with van der Waals surface area (Å²) in [7, 11) is 0. The summed E-state index contributed by atoms with van der Waals surface area (Å²) >= 11 is 0. The standard InChI is InChI=1S/C16H16F6O/c17-15(18,19)11-6-7-12(13(9-11)16(20,21)22)14(23)8-5-10-3-1-2-4-10/h6-7,9-10H,1-5,8H2. The van der Waals surface area contributed by atoms with Crippen LogP contribution in [0.25, 0.3) is 0 Å². The topological polar surface area (TPSA) is 17.1 Å². The Morgan fingerprint density at radius 3 is 2.13 bits per heavy atom. The van der Waals surface area contributed by atoms with Crippen molar-refractivity contribution in [3.8, 4) is 0 Å². The highest BCUT2D eigenvalue weighted by molar-refractivity contribution is 5.97. The lowest BCUT2D eigenvalue weighted by Crippen LogP contribution is -2.16. The van der Waals surface area contributed by atoms with E-state index in [-0.39, 0.29) is 12.5 Å². The van der Waals surface area contributed by atoms with Gasteiger partial charge in [-0.25, -0.2) is 0 Å². The molecule has 1 aromatic rings. The smallest absolute Gasteiger partial charge is 0.294 e. The van der Waals surface area contributed by atoms with Crippen LogP contribution in [0, 0.1) is 5.92 Å². The molecule has 0 saturated heterocycles. The van der Waals surface area contributed by atoms with E-state index in [0.29, 0.717) is 24.5 Å². The normalized spacial score (nSPS) is 16.8. The van der Waals surface area contributed by atoms with Gasteiger partial charge in [0.1, 0.15) is 0 Å². The summed E-state index contributed by atoms with van der Waals surface area (Å²) in [5, 5.41) is 0. The number of carbonyl (C=O) groups excluding carboxylic acids is 1. The van der Waals surface area contributed by atoms with Gasteiger partial charge in [0.25, 0.3) is 0 Å². The molecule has 0 N–H and O–H groups in total. The Morgan fingerprint density at radius 1 is 1.00 bits per heavy atom. The average Bonchev–Trinajstić information content (AvgIpc) is 2.95. The monoisotopic (exact) mass is 338 g/mol. The van der Waals surface area contributed by atoms with Crippen LogP contribution in [0.5, 0.6) is 0 Å². The zero-order valence-electron chi connectivity index (χ0n) is 12.2. The molecule has 0 amide bonds. The second-order valence-corrected chi connectivity index (χ2v) is 5.87.